The molecule has 2 aliphatic rings. The van der Waals surface area contributed by atoms with Crippen molar-refractivity contribution in [3.63, 3.8) is 0 Å². The molecule has 2 aliphatic heterocycles. The third-order valence-electron chi connectivity index (χ3n) is 4.21. The van der Waals surface area contributed by atoms with Crippen molar-refractivity contribution < 1.29 is 9.47 Å². The van der Waals surface area contributed by atoms with Crippen molar-refractivity contribution in [2.24, 2.45) is 11.7 Å². The van der Waals surface area contributed by atoms with Crippen molar-refractivity contribution in [2.45, 2.75) is 19.4 Å². The standard InChI is InChI=1S/C14H19ClN2O2/c1-8-10(12-3-9(5-16)6-17(12)2)4-11(15)14-13(8)18-7-19-14/h4,9,12H,3,5-7,16H2,1-2H3. The number of likely N-dealkylation sites (tertiary alicyclic amines) is 1. The summed E-state index contributed by atoms with van der Waals surface area (Å²) in [6.45, 7) is 4.10. The predicted octanol–water partition coefficient (Wildman–Crippen LogP) is 2.33. The van der Waals surface area contributed by atoms with Gasteiger partial charge in [0.1, 0.15) is 0 Å². The largest absolute Gasteiger partial charge is 0.453 e. The van der Waals surface area contributed by atoms with Crippen molar-refractivity contribution >= 4 is 11.6 Å². The normalized spacial score (nSPS) is 26.1. The van der Waals surface area contributed by atoms with Gasteiger partial charge in [0.2, 0.25) is 6.79 Å². The molecule has 0 saturated carbocycles. The monoisotopic (exact) mass is 282 g/mol. The molecule has 104 valence electrons. The van der Waals surface area contributed by atoms with Crippen molar-refractivity contribution in [3.8, 4) is 11.5 Å². The molecule has 3 rings (SSSR count). The number of benzene rings is 1. The summed E-state index contributed by atoms with van der Waals surface area (Å²) in [5, 5.41) is 0.637. The lowest BCUT2D eigenvalue weighted by molar-refractivity contribution is 0.173. The number of hydrogen-bond donors (Lipinski definition) is 1. The molecule has 4 nitrogen and oxygen atoms in total. The third kappa shape index (κ3) is 2.08. The highest BCUT2D eigenvalue weighted by Gasteiger charge is 2.33. The van der Waals surface area contributed by atoms with E-state index in [2.05, 4.69) is 18.9 Å². The highest BCUT2D eigenvalue weighted by atomic mass is 35.5. The van der Waals surface area contributed by atoms with Gasteiger partial charge in [0, 0.05) is 12.6 Å². The van der Waals surface area contributed by atoms with E-state index in [1.807, 2.05) is 6.07 Å². The molecular formula is C14H19ClN2O2. The van der Waals surface area contributed by atoms with Gasteiger partial charge in [-0.2, -0.15) is 0 Å². The maximum absolute atomic E-state index is 6.29. The molecule has 0 aromatic heterocycles. The summed E-state index contributed by atoms with van der Waals surface area (Å²) in [5.41, 5.74) is 8.16. The Balaban J connectivity index is 2.00. The van der Waals surface area contributed by atoms with Gasteiger partial charge in [0.15, 0.2) is 11.5 Å². The second kappa shape index (κ2) is 4.85. The number of halogens is 1. The quantitative estimate of drug-likeness (QED) is 0.904. The number of fused-ring (bicyclic) bond motifs is 1. The zero-order valence-corrected chi connectivity index (χ0v) is 12.0. The van der Waals surface area contributed by atoms with Gasteiger partial charge in [0.25, 0.3) is 0 Å². The molecule has 0 spiro atoms. The summed E-state index contributed by atoms with van der Waals surface area (Å²) >= 11 is 6.29. The maximum Gasteiger partial charge on any atom is 0.231 e. The number of nitrogens with zero attached hydrogens (tertiary/aromatic N) is 1. The molecule has 0 radical (unpaired) electrons. The van der Waals surface area contributed by atoms with E-state index in [-0.39, 0.29) is 6.79 Å². The minimum Gasteiger partial charge on any atom is -0.453 e. The third-order valence-corrected chi connectivity index (χ3v) is 4.49. The van der Waals surface area contributed by atoms with E-state index in [1.165, 1.54) is 5.56 Å². The molecular weight excluding hydrogens is 264 g/mol. The average molecular weight is 283 g/mol. The molecule has 19 heavy (non-hydrogen) atoms. The molecule has 2 unspecified atom stereocenters. The number of hydrogen-bond acceptors (Lipinski definition) is 4. The molecule has 0 bridgehead atoms. The summed E-state index contributed by atoms with van der Waals surface area (Å²) in [4.78, 5) is 2.35. The molecule has 2 heterocycles. The van der Waals surface area contributed by atoms with E-state index in [4.69, 9.17) is 26.8 Å². The van der Waals surface area contributed by atoms with Gasteiger partial charge >= 0.3 is 0 Å². The Hall–Kier alpha value is -0.970. The van der Waals surface area contributed by atoms with Crippen LogP contribution in [-0.4, -0.2) is 31.8 Å². The Kier molecular flexibility index (Phi) is 3.33. The lowest BCUT2D eigenvalue weighted by Gasteiger charge is -2.22. The van der Waals surface area contributed by atoms with Crippen LogP contribution in [0, 0.1) is 12.8 Å². The van der Waals surface area contributed by atoms with Gasteiger partial charge in [-0.1, -0.05) is 11.6 Å². The van der Waals surface area contributed by atoms with Crippen molar-refractivity contribution in [3.05, 3.63) is 22.2 Å². The Morgan fingerprint density at radius 1 is 1.42 bits per heavy atom. The van der Waals surface area contributed by atoms with E-state index < -0.39 is 0 Å². The highest BCUT2D eigenvalue weighted by molar-refractivity contribution is 6.32. The summed E-state index contributed by atoms with van der Waals surface area (Å²) in [6, 6.07) is 2.38. The number of ether oxygens (including phenoxy) is 2. The first kappa shape index (κ1) is 13.0. The average Bonchev–Trinajstić information content (AvgIpc) is 3.00. The molecule has 5 heteroatoms. The first-order chi connectivity index (χ1) is 9.11. The van der Waals surface area contributed by atoms with Crippen LogP contribution in [0.4, 0.5) is 0 Å². The van der Waals surface area contributed by atoms with Gasteiger partial charge in [-0.05, 0) is 50.0 Å². The van der Waals surface area contributed by atoms with Gasteiger partial charge in [-0.15, -0.1) is 0 Å². The topological polar surface area (TPSA) is 47.7 Å². The van der Waals surface area contributed by atoms with E-state index in [0.717, 1.165) is 30.8 Å². The zero-order chi connectivity index (χ0) is 13.6. The van der Waals surface area contributed by atoms with Crippen LogP contribution in [-0.2, 0) is 0 Å². The van der Waals surface area contributed by atoms with E-state index in [1.54, 1.807) is 0 Å². The Labute approximate surface area is 118 Å². The first-order valence-corrected chi connectivity index (χ1v) is 6.98. The summed E-state index contributed by atoms with van der Waals surface area (Å²) < 4.78 is 11.0. The molecule has 1 aromatic carbocycles. The summed E-state index contributed by atoms with van der Waals surface area (Å²) in [6.07, 6.45) is 1.07. The van der Waals surface area contributed by atoms with Crippen molar-refractivity contribution in [1.82, 2.24) is 4.90 Å². The Morgan fingerprint density at radius 2 is 2.16 bits per heavy atom. The molecule has 2 N–H and O–H groups in total. The highest BCUT2D eigenvalue weighted by Crippen LogP contribution is 2.47. The number of nitrogens with two attached hydrogens (primary N) is 1. The van der Waals surface area contributed by atoms with Gasteiger partial charge in [0.05, 0.1) is 5.02 Å². The lowest BCUT2D eigenvalue weighted by atomic mass is 9.95. The van der Waals surface area contributed by atoms with Crippen LogP contribution in [0.5, 0.6) is 11.5 Å². The van der Waals surface area contributed by atoms with Gasteiger partial charge < -0.3 is 15.2 Å². The fourth-order valence-electron chi connectivity index (χ4n) is 3.16. The maximum atomic E-state index is 6.29. The molecule has 2 atom stereocenters. The van der Waals surface area contributed by atoms with Crippen LogP contribution in [0.3, 0.4) is 0 Å². The zero-order valence-electron chi connectivity index (χ0n) is 11.3. The smallest absolute Gasteiger partial charge is 0.231 e. The van der Waals surface area contributed by atoms with Crippen LogP contribution >= 0.6 is 11.6 Å². The molecule has 1 aromatic rings. The van der Waals surface area contributed by atoms with E-state index in [0.29, 0.717) is 22.7 Å². The number of rotatable bonds is 2. The summed E-state index contributed by atoms with van der Waals surface area (Å²) in [5.74, 6) is 2.03. The minimum absolute atomic E-state index is 0.255. The molecule has 1 saturated heterocycles. The van der Waals surface area contributed by atoms with Crippen LogP contribution in [0.15, 0.2) is 6.07 Å². The first-order valence-electron chi connectivity index (χ1n) is 6.60. The molecule has 1 fully saturated rings. The van der Waals surface area contributed by atoms with Crippen LogP contribution in [0.2, 0.25) is 5.02 Å². The van der Waals surface area contributed by atoms with Crippen molar-refractivity contribution in [1.29, 1.82) is 0 Å². The van der Waals surface area contributed by atoms with Gasteiger partial charge in [-0.25, -0.2) is 0 Å². The van der Waals surface area contributed by atoms with Crippen LogP contribution in [0.1, 0.15) is 23.6 Å². The fraction of sp³-hybridized carbons (Fsp3) is 0.571. The van der Waals surface area contributed by atoms with Gasteiger partial charge in [-0.3, -0.25) is 4.90 Å². The molecule has 0 aliphatic carbocycles. The Bertz CT molecular complexity index is 507. The molecule has 0 amide bonds. The summed E-state index contributed by atoms with van der Waals surface area (Å²) in [7, 11) is 2.14. The Morgan fingerprint density at radius 3 is 2.84 bits per heavy atom. The second-order valence-electron chi connectivity index (χ2n) is 5.43. The fourth-order valence-corrected chi connectivity index (χ4v) is 3.42. The van der Waals surface area contributed by atoms with E-state index >= 15 is 0 Å². The predicted molar refractivity (Wildman–Crippen MR) is 74.8 cm³/mol. The van der Waals surface area contributed by atoms with Crippen LogP contribution < -0.4 is 15.2 Å². The SMILES string of the molecule is Cc1c(C2CC(CN)CN2C)cc(Cl)c2c1OCO2. The minimum atomic E-state index is 0.255. The van der Waals surface area contributed by atoms with E-state index in [9.17, 15) is 0 Å². The lowest BCUT2D eigenvalue weighted by Crippen LogP contribution is -2.21. The second-order valence-corrected chi connectivity index (χ2v) is 5.84. The van der Waals surface area contributed by atoms with Crippen molar-refractivity contribution in [2.75, 3.05) is 26.9 Å². The van der Waals surface area contributed by atoms with Crippen LogP contribution in [0.25, 0.3) is 0 Å².